The van der Waals surface area contributed by atoms with Gasteiger partial charge in [0.05, 0.1) is 5.69 Å². The highest BCUT2D eigenvalue weighted by atomic mass is 79.9. The van der Waals surface area contributed by atoms with Gasteiger partial charge >= 0.3 is 5.69 Å². The highest BCUT2D eigenvalue weighted by Gasteiger charge is 2.21. The molecule has 62 valence electrons. The van der Waals surface area contributed by atoms with Gasteiger partial charge in [0.15, 0.2) is 4.98 Å². The number of anilines is 1. The molecule has 3 nitrogen and oxygen atoms in total. The van der Waals surface area contributed by atoms with Gasteiger partial charge in [-0.05, 0) is 53.9 Å². The number of benzene rings is 1. The number of rotatable bonds is 0. The van der Waals surface area contributed by atoms with Crippen LogP contribution in [0.3, 0.4) is 0 Å². The van der Waals surface area contributed by atoms with Crippen LogP contribution in [0.1, 0.15) is 0 Å². The Morgan fingerprint density at radius 1 is 1.25 bits per heavy atom. The molecule has 0 heterocycles. The van der Waals surface area contributed by atoms with Crippen molar-refractivity contribution in [3.8, 4) is 0 Å². The molecule has 1 aromatic carbocycles. The van der Waals surface area contributed by atoms with Crippen molar-refractivity contribution in [2.45, 2.75) is 0 Å². The first-order valence-electron chi connectivity index (χ1n) is 2.86. The fraction of sp³-hybridized carbons (Fsp3) is 0. The lowest BCUT2D eigenvalue weighted by Crippen LogP contribution is -1.88. The highest BCUT2D eigenvalue weighted by molar-refractivity contribution is 9.11. The lowest BCUT2D eigenvalue weighted by atomic mass is 10.3. The minimum atomic E-state index is 0.385. The number of hydrogen-bond acceptors (Lipinski definition) is 2. The average Bonchev–Trinajstić information content (AvgIpc) is 2.01. The summed E-state index contributed by atoms with van der Waals surface area (Å²) >= 11 is 9.68. The van der Waals surface area contributed by atoms with Gasteiger partial charge in [0, 0.05) is 4.47 Å². The topological polar surface area (TPSA) is 54.2 Å². The van der Waals surface area contributed by atoms with Gasteiger partial charge in [-0.1, -0.05) is 0 Å². The second-order valence-electron chi connectivity index (χ2n) is 2.02. The molecular formula is C6H3Br3N3+. The molecule has 0 saturated carbocycles. The Bertz CT molecular complexity index is 369. The van der Waals surface area contributed by atoms with Crippen LogP contribution >= 0.6 is 47.8 Å². The molecule has 0 aromatic heterocycles. The zero-order chi connectivity index (χ0) is 9.30. The summed E-state index contributed by atoms with van der Waals surface area (Å²) in [5.41, 5.74) is 6.53. The largest absolute Gasteiger partial charge is 0.415 e. The van der Waals surface area contributed by atoms with Crippen LogP contribution in [-0.4, -0.2) is 0 Å². The molecule has 1 aromatic rings. The third-order valence-corrected chi connectivity index (χ3v) is 3.34. The van der Waals surface area contributed by atoms with Crippen LogP contribution in [0.15, 0.2) is 19.5 Å². The molecule has 0 fully saturated rings. The van der Waals surface area contributed by atoms with Crippen molar-refractivity contribution in [2.75, 3.05) is 5.73 Å². The third kappa shape index (κ3) is 1.63. The Morgan fingerprint density at radius 2 is 1.83 bits per heavy atom. The molecule has 0 aliphatic heterocycles. The third-order valence-electron chi connectivity index (χ3n) is 1.28. The molecule has 6 heteroatoms. The Hall–Kier alpha value is -0.120. The maximum absolute atomic E-state index is 8.61. The van der Waals surface area contributed by atoms with E-state index in [4.69, 9.17) is 11.1 Å². The molecule has 0 unspecified atom stereocenters. The molecule has 0 aliphatic carbocycles. The second-order valence-corrected chi connectivity index (χ2v) is 4.52. The second kappa shape index (κ2) is 3.73. The average molecular weight is 357 g/mol. The summed E-state index contributed by atoms with van der Waals surface area (Å²) in [4.78, 5) is 3.08. The van der Waals surface area contributed by atoms with E-state index in [1.165, 1.54) is 0 Å². The van der Waals surface area contributed by atoms with Gasteiger partial charge in [0.25, 0.3) is 0 Å². The van der Waals surface area contributed by atoms with Gasteiger partial charge in [0.1, 0.15) is 8.95 Å². The molecular weight excluding hydrogens is 354 g/mol. The molecule has 0 spiro atoms. The van der Waals surface area contributed by atoms with Crippen molar-refractivity contribution >= 4 is 59.2 Å². The fourth-order valence-corrected chi connectivity index (χ4v) is 2.97. The predicted octanol–water partition coefficient (Wildman–Crippen LogP) is 4.04. The van der Waals surface area contributed by atoms with Gasteiger partial charge in [-0.2, -0.15) is 0 Å². The van der Waals surface area contributed by atoms with Crippen molar-refractivity contribution in [3.63, 3.8) is 0 Å². The summed E-state index contributed by atoms with van der Waals surface area (Å²) in [6.45, 7) is 0. The summed E-state index contributed by atoms with van der Waals surface area (Å²) in [6.07, 6.45) is 0. The molecule has 12 heavy (non-hydrogen) atoms. The minimum Gasteiger partial charge on any atom is -0.397 e. The molecule has 2 N–H and O–H groups in total. The summed E-state index contributed by atoms with van der Waals surface area (Å²) in [6, 6.07) is 1.72. The van der Waals surface area contributed by atoms with Crippen LogP contribution in [0.5, 0.6) is 0 Å². The number of diazo groups is 1. The lowest BCUT2D eigenvalue weighted by Gasteiger charge is -1.98. The van der Waals surface area contributed by atoms with Crippen molar-refractivity contribution < 1.29 is 0 Å². The highest BCUT2D eigenvalue weighted by Crippen LogP contribution is 2.41. The van der Waals surface area contributed by atoms with Crippen molar-refractivity contribution in [1.29, 1.82) is 5.39 Å². The molecule has 0 aliphatic rings. The first kappa shape index (κ1) is 9.96. The zero-order valence-electron chi connectivity index (χ0n) is 5.68. The van der Waals surface area contributed by atoms with E-state index in [0.29, 0.717) is 20.3 Å². The zero-order valence-corrected chi connectivity index (χ0v) is 10.4. The Labute approximate surface area is 94.3 Å². The van der Waals surface area contributed by atoms with Crippen molar-refractivity contribution in [1.82, 2.24) is 0 Å². The van der Waals surface area contributed by atoms with Gasteiger partial charge in [-0.3, -0.25) is 0 Å². The van der Waals surface area contributed by atoms with E-state index in [-0.39, 0.29) is 0 Å². The first-order chi connectivity index (χ1) is 5.57. The smallest absolute Gasteiger partial charge is 0.397 e. The van der Waals surface area contributed by atoms with E-state index in [2.05, 4.69) is 52.8 Å². The van der Waals surface area contributed by atoms with Crippen LogP contribution in [0, 0.1) is 5.39 Å². The van der Waals surface area contributed by atoms with Crippen molar-refractivity contribution in [3.05, 3.63) is 24.5 Å². The number of nitrogens with zero attached hydrogens (tertiary/aromatic N) is 2. The first-order valence-corrected chi connectivity index (χ1v) is 5.24. The van der Waals surface area contributed by atoms with Gasteiger partial charge in [0.2, 0.25) is 5.39 Å². The van der Waals surface area contributed by atoms with Gasteiger partial charge in [-0.25, -0.2) is 0 Å². The molecule has 0 radical (unpaired) electrons. The van der Waals surface area contributed by atoms with Crippen LogP contribution in [0.25, 0.3) is 4.98 Å². The van der Waals surface area contributed by atoms with E-state index >= 15 is 0 Å². The monoisotopic (exact) mass is 354 g/mol. The van der Waals surface area contributed by atoms with Crippen LogP contribution < -0.4 is 5.73 Å². The van der Waals surface area contributed by atoms with Crippen LogP contribution in [0.4, 0.5) is 11.4 Å². The van der Waals surface area contributed by atoms with E-state index in [0.717, 1.165) is 4.47 Å². The normalized spacial score (nSPS) is 9.50. The molecule has 0 saturated heterocycles. The maximum Gasteiger partial charge on any atom is 0.415 e. The molecule has 0 bridgehead atoms. The van der Waals surface area contributed by atoms with E-state index in [1.54, 1.807) is 6.07 Å². The summed E-state index contributed by atoms with van der Waals surface area (Å²) < 4.78 is 1.97. The number of nitrogens with two attached hydrogens (primary N) is 1. The minimum absolute atomic E-state index is 0.385. The van der Waals surface area contributed by atoms with E-state index in [1.807, 2.05) is 0 Å². The summed E-state index contributed by atoms with van der Waals surface area (Å²) in [7, 11) is 0. The quantitative estimate of drug-likeness (QED) is 0.563. The van der Waals surface area contributed by atoms with Gasteiger partial charge < -0.3 is 5.73 Å². The maximum atomic E-state index is 8.61. The fourth-order valence-electron chi connectivity index (χ4n) is 0.686. The SMILES string of the molecule is N#[N+]c1c(Br)cc(Br)c(N)c1Br. The lowest BCUT2D eigenvalue weighted by molar-refractivity contribution is 1.44. The number of nitrogen functional groups attached to an aromatic ring is 1. The molecule has 1 rings (SSSR count). The number of halogens is 3. The Morgan fingerprint density at radius 3 is 2.33 bits per heavy atom. The number of hydrogen-bond donors (Lipinski definition) is 1. The van der Waals surface area contributed by atoms with Crippen molar-refractivity contribution in [2.24, 2.45) is 0 Å². The molecule has 0 atom stereocenters. The molecule has 0 amide bonds. The Kier molecular flexibility index (Phi) is 3.09. The summed E-state index contributed by atoms with van der Waals surface area (Å²) in [5.74, 6) is 0. The standard InChI is InChI=1S/C6H3Br3N3/c7-2-1-3(8)6(12-11)4(9)5(2)10/h1H,10H2/q+1. The van der Waals surface area contributed by atoms with Crippen LogP contribution in [-0.2, 0) is 0 Å². The Balaban J connectivity index is 3.54. The predicted molar refractivity (Wildman–Crippen MR) is 58.7 cm³/mol. The van der Waals surface area contributed by atoms with E-state index in [9.17, 15) is 0 Å². The van der Waals surface area contributed by atoms with E-state index < -0.39 is 0 Å². The van der Waals surface area contributed by atoms with Gasteiger partial charge in [-0.15, -0.1) is 0 Å². The summed E-state index contributed by atoms with van der Waals surface area (Å²) in [5, 5.41) is 8.61. The van der Waals surface area contributed by atoms with Crippen LogP contribution in [0.2, 0.25) is 0 Å².